The van der Waals surface area contributed by atoms with Crippen LogP contribution in [0.3, 0.4) is 0 Å². The number of hydrogen-bond donors (Lipinski definition) is 0. The molecule has 0 saturated heterocycles. The van der Waals surface area contributed by atoms with Crippen molar-refractivity contribution in [3.8, 4) is 0 Å². The van der Waals surface area contributed by atoms with E-state index in [1.54, 1.807) is 38.1 Å². The van der Waals surface area contributed by atoms with Gasteiger partial charge in [0.2, 0.25) is 0 Å². The molecule has 0 aromatic heterocycles. The molecule has 0 bridgehead atoms. The Hall–Kier alpha value is -0.594. The van der Waals surface area contributed by atoms with E-state index in [4.69, 9.17) is 4.18 Å². The molecule has 1 atom stereocenters. The third-order valence-corrected chi connectivity index (χ3v) is 6.14. The van der Waals surface area contributed by atoms with Crippen LogP contribution in [0.2, 0.25) is 0 Å². The second-order valence-electron chi connectivity index (χ2n) is 5.72. The molecule has 27 heavy (non-hydrogen) atoms. The normalized spacial score (nSPS) is 13.7. The van der Waals surface area contributed by atoms with Crippen molar-refractivity contribution in [3.05, 3.63) is 59.7 Å². The summed E-state index contributed by atoms with van der Waals surface area (Å²) in [6, 6.07) is 11.6. The van der Waals surface area contributed by atoms with E-state index in [0.717, 1.165) is 18.1 Å². The maximum absolute atomic E-state index is 12.2. The molecule has 0 spiro atoms. The Balaban J connectivity index is 0.00000364. The zero-order valence-electron chi connectivity index (χ0n) is 15.4. The zero-order chi connectivity index (χ0) is 19.5. The van der Waals surface area contributed by atoms with Crippen molar-refractivity contribution in [1.82, 2.24) is 0 Å². The van der Waals surface area contributed by atoms with Crippen LogP contribution < -0.4 is 56.5 Å². The van der Waals surface area contributed by atoms with Crippen molar-refractivity contribution >= 4 is 26.0 Å². The Bertz CT molecular complexity index is 1010. The molecule has 2 aromatic rings. The Morgan fingerprint density at radius 1 is 0.889 bits per heavy atom. The standard InChI is InChI=1S/C17H19NO6S2.K/c1-12-4-8-15(9-5-12)25(20,21)18-17(19)14(3)24-26(22,23)16-10-6-13(2)7-11-16;/h4-11,14H,1-3H3,(H,18,19);/q;+1/p-1/t14-;/m0./s1. The van der Waals surface area contributed by atoms with E-state index >= 15 is 0 Å². The average molecular weight is 436 g/mol. The molecule has 0 unspecified atom stereocenters. The minimum absolute atomic E-state index is 0. The van der Waals surface area contributed by atoms with Gasteiger partial charge in [-0.1, -0.05) is 35.4 Å². The van der Waals surface area contributed by atoms with Crippen LogP contribution in [-0.2, 0) is 24.3 Å². The van der Waals surface area contributed by atoms with Gasteiger partial charge in [-0.05, 0) is 45.0 Å². The van der Waals surface area contributed by atoms with Crippen molar-refractivity contribution in [1.29, 1.82) is 0 Å². The van der Waals surface area contributed by atoms with Crippen molar-refractivity contribution < 1.29 is 77.5 Å². The molecule has 2 aromatic carbocycles. The van der Waals surface area contributed by atoms with Crippen LogP contribution >= 0.6 is 0 Å². The second kappa shape index (κ2) is 9.75. The van der Waals surface area contributed by atoms with Crippen LogP contribution in [0.25, 0.3) is 0 Å². The predicted octanol–water partition coefficient (Wildman–Crippen LogP) is -1.45. The summed E-state index contributed by atoms with van der Waals surface area (Å²) < 4.78 is 56.5. The number of benzene rings is 2. The van der Waals surface area contributed by atoms with Gasteiger partial charge in [0.15, 0.2) is 0 Å². The number of sulfonamides is 1. The largest absolute Gasteiger partial charge is 1.00 e. The third-order valence-electron chi connectivity index (χ3n) is 3.46. The fourth-order valence-electron chi connectivity index (χ4n) is 1.95. The van der Waals surface area contributed by atoms with E-state index in [0.29, 0.717) is 0 Å². The van der Waals surface area contributed by atoms with Crippen LogP contribution in [0.1, 0.15) is 18.1 Å². The van der Waals surface area contributed by atoms with Crippen molar-refractivity contribution in [2.45, 2.75) is 36.7 Å². The van der Waals surface area contributed by atoms with Gasteiger partial charge in [0.05, 0.1) is 9.79 Å². The summed E-state index contributed by atoms with van der Waals surface area (Å²) in [6.45, 7) is 4.70. The van der Waals surface area contributed by atoms with Gasteiger partial charge in [0, 0.05) is 5.90 Å². The summed E-state index contributed by atoms with van der Waals surface area (Å²) in [7, 11) is -8.47. The van der Waals surface area contributed by atoms with Gasteiger partial charge in [0.1, 0.15) is 6.10 Å². The molecule has 0 aliphatic heterocycles. The molecule has 0 N–H and O–H groups in total. The van der Waals surface area contributed by atoms with Gasteiger partial charge >= 0.3 is 51.4 Å². The number of nitrogens with zero attached hydrogens (tertiary/aromatic N) is 1. The summed E-state index contributed by atoms with van der Waals surface area (Å²) in [6.07, 6.45) is -1.58. The number of rotatable bonds is 6. The third kappa shape index (κ3) is 6.75. The fourth-order valence-corrected chi connectivity index (χ4v) is 3.96. The summed E-state index contributed by atoms with van der Waals surface area (Å²) >= 11 is 0. The fraction of sp³-hybridized carbons (Fsp3) is 0.235. The first-order chi connectivity index (χ1) is 12.0. The maximum Gasteiger partial charge on any atom is 1.00 e. The molecule has 0 heterocycles. The van der Waals surface area contributed by atoms with Crippen LogP contribution in [0.4, 0.5) is 0 Å². The van der Waals surface area contributed by atoms with Crippen LogP contribution in [0.15, 0.2) is 62.7 Å². The zero-order valence-corrected chi connectivity index (χ0v) is 20.2. The first kappa shape index (κ1) is 24.4. The molecular formula is C17H18KNO6S2. The maximum atomic E-state index is 12.2. The molecule has 7 nitrogen and oxygen atoms in total. The Morgan fingerprint density at radius 3 is 1.74 bits per heavy atom. The molecule has 0 aliphatic carbocycles. The van der Waals surface area contributed by atoms with Crippen LogP contribution in [0, 0.1) is 13.8 Å². The van der Waals surface area contributed by atoms with E-state index in [9.17, 15) is 21.9 Å². The molecular weight excluding hydrogens is 417 g/mol. The molecule has 2 rings (SSSR count). The first-order valence-electron chi connectivity index (χ1n) is 7.60. The summed E-state index contributed by atoms with van der Waals surface area (Å²) in [5.74, 6) is -1.21. The molecule has 10 heteroatoms. The van der Waals surface area contributed by atoms with Gasteiger partial charge in [-0.25, -0.2) is 0 Å². The van der Waals surface area contributed by atoms with Crippen molar-refractivity contribution in [3.63, 3.8) is 0 Å². The van der Waals surface area contributed by atoms with Gasteiger partial charge in [-0.2, -0.15) is 21.2 Å². The van der Waals surface area contributed by atoms with Crippen molar-refractivity contribution in [2.24, 2.45) is 4.40 Å². The van der Waals surface area contributed by atoms with E-state index in [1.165, 1.54) is 24.3 Å². The molecule has 0 saturated carbocycles. The average Bonchev–Trinajstić information content (AvgIpc) is 2.54. The molecule has 140 valence electrons. The minimum Gasteiger partial charge on any atom is -0.859 e. The van der Waals surface area contributed by atoms with Gasteiger partial charge in [-0.3, -0.25) is 4.18 Å². The van der Waals surface area contributed by atoms with Crippen LogP contribution in [0.5, 0.6) is 0 Å². The first-order valence-corrected chi connectivity index (χ1v) is 10.4. The summed E-state index contributed by atoms with van der Waals surface area (Å²) in [5, 5.41) is 12.0. The second-order valence-corrected chi connectivity index (χ2v) is 8.90. The minimum atomic E-state index is -4.25. The molecule has 0 fully saturated rings. The van der Waals surface area contributed by atoms with Crippen molar-refractivity contribution in [2.75, 3.05) is 0 Å². The summed E-state index contributed by atoms with van der Waals surface area (Å²) in [4.78, 5) is -0.297. The van der Waals surface area contributed by atoms with Gasteiger partial charge < -0.3 is 5.11 Å². The summed E-state index contributed by atoms with van der Waals surface area (Å²) in [5.41, 5.74) is 1.70. The van der Waals surface area contributed by atoms with Gasteiger partial charge in [-0.15, -0.1) is 0 Å². The predicted molar refractivity (Wildman–Crippen MR) is 94.7 cm³/mol. The topological polar surface area (TPSA) is 113 Å². The molecule has 0 aliphatic rings. The van der Waals surface area contributed by atoms with Crippen LogP contribution in [-0.4, -0.2) is 28.8 Å². The van der Waals surface area contributed by atoms with Gasteiger partial charge in [0.25, 0.3) is 20.1 Å². The van der Waals surface area contributed by atoms with E-state index in [2.05, 4.69) is 4.40 Å². The monoisotopic (exact) mass is 435 g/mol. The molecule has 0 amide bonds. The molecule has 0 radical (unpaired) electrons. The Morgan fingerprint density at radius 2 is 1.30 bits per heavy atom. The van der Waals surface area contributed by atoms with E-state index in [-0.39, 0.29) is 61.2 Å². The van der Waals surface area contributed by atoms with E-state index < -0.39 is 32.1 Å². The SMILES string of the molecule is Cc1ccc(S(=O)(=O)N=C([O-])[C@H](C)OS(=O)(=O)c2ccc(C)cc2)cc1.[K+]. The Labute approximate surface area is 202 Å². The number of hydrogen-bond acceptors (Lipinski definition) is 6. The quantitative estimate of drug-likeness (QED) is 0.237. The Kier molecular flexibility index (Phi) is 8.82. The smallest absolute Gasteiger partial charge is 0.859 e. The number of aryl methyl sites for hydroxylation is 2. The van der Waals surface area contributed by atoms with E-state index in [1.807, 2.05) is 0 Å².